The number of carboxylic acids is 1. The highest BCUT2D eigenvalue weighted by Crippen LogP contribution is 2.21. The molecule has 1 heterocycles. The van der Waals surface area contributed by atoms with E-state index in [1.54, 1.807) is 43.5 Å². The molecular weight excluding hydrogens is 392 g/mol. The Balaban J connectivity index is 1.87. The largest absolute Gasteiger partial charge is 0.496 e. The molecule has 0 aliphatic heterocycles. The molecule has 0 radical (unpaired) electrons. The van der Waals surface area contributed by atoms with Crippen LogP contribution >= 0.6 is 0 Å². The fourth-order valence-corrected chi connectivity index (χ4v) is 3.44. The summed E-state index contributed by atoms with van der Waals surface area (Å²) in [6, 6.07) is 19.1. The topological polar surface area (TPSA) is 81.4 Å². The number of methoxy groups -OCH3 is 1. The van der Waals surface area contributed by atoms with Crippen LogP contribution in [-0.2, 0) is 0 Å². The quantitative estimate of drug-likeness (QED) is 0.519. The van der Waals surface area contributed by atoms with Crippen molar-refractivity contribution < 1.29 is 14.6 Å². The summed E-state index contributed by atoms with van der Waals surface area (Å²) in [6.45, 7) is 1.96. The third-order valence-corrected chi connectivity index (χ3v) is 5.02. The number of rotatable bonds is 5. The van der Waals surface area contributed by atoms with Crippen LogP contribution in [0.4, 0.5) is 0 Å². The number of para-hydroxylation sites is 1. The van der Waals surface area contributed by atoms with Crippen molar-refractivity contribution in [2.45, 2.75) is 6.92 Å². The average Bonchev–Trinajstić information content (AvgIpc) is 2.78. The Bertz CT molecular complexity index is 1370. The van der Waals surface area contributed by atoms with Crippen molar-refractivity contribution in [2.24, 2.45) is 0 Å². The second-order valence-electron chi connectivity index (χ2n) is 7.04. The minimum atomic E-state index is -1.02. The van der Waals surface area contributed by atoms with E-state index < -0.39 is 5.97 Å². The monoisotopic (exact) mass is 412 g/mol. The molecular formula is C25H20N2O4. The maximum absolute atomic E-state index is 13.3. The number of hydrogen-bond donors (Lipinski definition) is 1. The molecule has 0 fully saturated rings. The van der Waals surface area contributed by atoms with Crippen molar-refractivity contribution in [3.8, 4) is 11.4 Å². The van der Waals surface area contributed by atoms with Gasteiger partial charge in [-0.15, -0.1) is 0 Å². The fourth-order valence-electron chi connectivity index (χ4n) is 3.44. The summed E-state index contributed by atoms with van der Waals surface area (Å²) in [5.41, 5.74) is 3.00. The minimum absolute atomic E-state index is 0.149. The third kappa shape index (κ3) is 3.96. The van der Waals surface area contributed by atoms with Crippen molar-refractivity contribution >= 4 is 29.0 Å². The van der Waals surface area contributed by atoms with E-state index in [1.807, 2.05) is 37.3 Å². The molecule has 3 aromatic carbocycles. The van der Waals surface area contributed by atoms with E-state index in [-0.39, 0.29) is 11.1 Å². The van der Waals surface area contributed by atoms with Crippen LogP contribution < -0.4 is 10.3 Å². The number of hydrogen-bond acceptors (Lipinski definition) is 4. The van der Waals surface area contributed by atoms with Crippen LogP contribution in [0.5, 0.6) is 5.75 Å². The van der Waals surface area contributed by atoms with Crippen LogP contribution in [0.3, 0.4) is 0 Å². The van der Waals surface area contributed by atoms with Crippen molar-refractivity contribution in [1.82, 2.24) is 9.55 Å². The summed E-state index contributed by atoms with van der Waals surface area (Å²) in [6.07, 6.45) is 3.66. The molecule has 6 nitrogen and oxygen atoms in total. The number of ether oxygens (including phenoxy) is 1. The summed E-state index contributed by atoms with van der Waals surface area (Å²) >= 11 is 0. The first-order chi connectivity index (χ1) is 15.0. The van der Waals surface area contributed by atoms with E-state index in [9.17, 15) is 9.59 Å². The first-order valence-corrected chi connectivity index (χ1v) is 9.66. The zero-order valence-corrected chi connectivity index (χ0v) is 17.1. The van der Waals surface area contributed by atoms with Gasteiger partial charge in [0.05, 0.1) is 29.3 Å². The number of aromatic carboxylic acids is 1. The van der Waals surface area contributed by atoms with E-state index in [4.69, 9.17) is 9.84 Å². The molecule has 0 saturated heterocycles. The molecule has 1 N–H and O–H groups in total. The van der Waals surface area contributed by atoms with Gasteiger partial charge in [-0.1, -0.05) is 24.3 Å². The molecule has 0 aliphatic carbocycles. The number of carboxylic acid groups (broad SMARTS) is 1. The van der Waals surface area contributed by atoms with Gasteiger partial charge in [0.15, 0.2) is 0 Å². The van der Waals surface area contributed by atoms with Crippen LogP contribution in [0.1, 0.15) is 27.3 Å². The predicted octanol–water partition coefficient (Wildman–Crippen LogP) is 4.57. The molecule has 0 amide bonds. The Hall–Kier alpha value is -4.19. The van der Waals surface area contributed by atoms with Crippen molar-refractivity contribution in [3.05, 3.63) is 99.6 Å². The zero-order chi connectivity index (χ0) is 22.0. The zero-order valence-electron chi connectivity index (χ0n) is 17.1. The standard InChI is InChI=1S/C25H20N2O4/c1-16-15-17(7-13-22(16)31-2)8-14-23-26-21-6-4-3-5-20(21)24(28)27(23)19-11-9-18(10-12-19)25(29)30/h3-15H,1-2H3,(H,29,30)/b14-8+. The van der Waals surface area contributed by atoms with Crippen LogP contribution in [0.2, 0.25) is 0 Å². The van der Waals surface area contributed by atoms with Gasteiger partial charge in [-0.2, -0.15) is 0 Å². The summed E-state index contributed by atoms with van der Waals surface area (Å²) in [5.74, 6) is 0.224. The van der Waals surface area contributed by atoms with Crippen molar-refractivity contribution in [1.29, 1.82) is 0 Å². The molecule has 0 saturated carbocycles. The van der Waals surface area contributed by atoms with Gasteiger partial charge in [0.1, 0.15) is 11.6 Å². The van der Waals surface area contributed by atoms with E-state index >= 15 is 0 Å². The first-order valence-electron chi connectivity index (χ1n) is 9.66. The molecule has 4 rings (SSSR count). The first kappa shape index (κ1) is 20.1. The lowest BCUT2D eigenvalue weighted by atomic mass is 10.1. The molecule has 6 heteroatoms. The van der Waals surface area contributed by atoms with Gasteiger partial charge in [0.25, 0.3) is 5.56 Å². The second-order valence-corrected chi connectivity index (χ2v) is 7.04. The molecule has 4 aromatic rings. The van der Waals surface area contributed by atoms with Gasteiger partial charge < -0.3 is 9.84 Å². The molecule has 0 aliphatic rings. The number of fused-ring (bicyclic) bond motifs is 1. The van der Waals surface area contributed by atoms with E-state index in [1.165, 1.54) is 16.7 Å². The lowest BCUT2D eigenvalue weighted by Gasteiger charge is -2.12. The Morgan fingerprint density at radius 2 is 1.77 bits per heavy atom. The lowest BCUT2D eigenvalue weighted by Crippen LogP contribution is -2.22. The molecule has 154 valence electrons. The van der Waals surface area contributed by atoms with Crippen LogP contribution in [0.15, 0.2) is 71.5 Å². The molecule has 31 heavy (non-hydrogen) atoms. The van der Waals surface area contributed by atoms with Crippen LogP contribution in [0, 0.1) is 6.92 Å². The van der Waals surface area contributed by atoms with Crippen LogP contribution in [-0.4, -0.2) is 27.7 Å². The number of carbonyl (C=O) groups is 1. The fraction of sp³-hybridized carbons (Fsp3) is 0.0800. The van der Waals surface area contributed by atoms with Gasteiger partial charge in [-0.3, -0.25) is 9.36 Å². The van der Waals surface area contributed by atoms with E-state index in [0.717, 1.165) is 16.9 Å². The Morgan fingerprint density at radius 3 is 2.45 bits per heavy atom. The van der Waals surface area contributed by atoms with Crippen molar-refractivity contribution in [2.75, 3.05) is 7.11 Å². The van der Waals surface area contributed by atoms with Gasteiger partial charge in [-0.25, -0.2) is 9.78 Å². The highest BCUT2D eigenvalue weighted by Gasteiger charge is 2.12. The van der Waals surface area contributed by atoms with Gasteiger partial charge >= 0.3 is 5.97 Å². The molecule has 0 unspecified atom stereocenters. The second kappa shape index (κ2) is 8.28. The summed E-state index contributed by atoms with van der Waals surface area (Å²) in [7, 11) is 1.63. The predicted molar refractivity (Wildman–Crippen MR) is 121 cm³/mol. The average molecular weight is 412 g/mol. The Kier molecular flexibility index (Phi) is 5.37. The highest BCUT2D eigenvalue weighted by atomic mass is 16.5. The van der Waals surface area contributed by atoms with Gasteiger partial charge in [-0.05, 0) is 72.7 Å². The van der Waals surface area contributed by atoms with Crippen molar-refractivity contribution in [3.63, 3.8) is 0 Å². The molecule has 0 bridgehead atoms. The molecule has 0 spiro atoms. The number of benzene rings is 3. The van der Waals surface area contributed by atoms with E-state index in [2.05, 4.69) is 4.98 Å². The SMILES string of the molecule is COc1ccc(/C=C/c2nc3ccccc3c(=O)n2-c2ccc(C(=O)O)cc2)cc1C. The highest BCUT2D eigenvalue weighted by molar-refractivity contribution is 5.88. The molecule has 0 atom stereocenters. The van der Waals surface area contributed by atoms with Gasteiger partial charge in [0, 0.05) is 0 Å². The number of nitrogens with zero attached hydrogens (tertiary/aromatic N) is 2. The number of aryl methyl sites for hydroxylation is 1. The minimum Gasteiger partial charge on any atom is -0.496 e. The Morgan fingerprint density at radius 1 is 1.03 bits per heavy atom. The molecule has 1 aromatic heterocycles. The third-order valence-electron chi connectivity index (χ3n) is 5.02. The maximum atomic E-state index is 13.3. The summed E-state index contributed by atoms with van der Waals surface area (Å²) in [4.78, 5) is 29.1. The summed E-state index contributed by atoms with van der Waals surface area (Å²) < 4.78 is 6.79. The maximum Gasteiger partial charge on any atom is 0.335 e. The summed E-state index contributed by atoms with van der Waals surface area (Å²) in [5, 5.41) is 9.65. The van der Waals surface area contributed by atoms with E-state index in [0.29, 0.717) is 22.4 Å². The lowest BCUT2D eigenvalue weighted by molar-refractivity contribution is 0.0697. The number of aromatic nitrogens is 2. The van der Waals surface area contributed by atoms with Crippen LogP contribution in [0.25, 0.3) is 28.7 Å². The Labute approximate surface area is 178 Å². The normalized spacial score (nSPS) is 11.2. The smallest absolute Gasteiger partial charge is 0.335 e. The van der Waals surface area contributed by atoms with Gasteiger partial charge in [0.2, 0.25) is 0 Å².